The second kappa shape index (κ2) is 7.48. The van der Waals surface area contributed by atoms with Crippen LogP contribution in [0.15, 0.2) is 45.3 Å². The largest absolute Gasteiger partial charge is 0.481 e. The highest BCUT2D eigenvalue weighted by molar-refractivity contribution is 9.10. The number of ether oxygens (including phenoxy) is 1. The Kier molecular flexibility index (Phi) is 5.66. The molecule has 0 saturated heterocycles. The second-order valence-corrected chi connectivity index (χ2v) is 5.99. The van der Waals surface area contributed by atoms with Gasteiger partial charge in [0.15, 0.2) is 0 Å². The molecule has 5 heteroatoms. The van der Waals surface area contributed by atoms with Crippen molar-refractivity contribution in [2.24, 2.45) is 0 Å². The van der Waals surface area contributed by atoms with Crippen molar-refractivity contribution < 1.29 is 9.13 Å². The Labute approximate surface area is 140 Å². The summed E-state index contributed by atoms with van der Waals surface area (Å²) in [5.41, 5.74) is 1.76. The summed E-state index contributed by atoms with van der Waals surface area (Å²) in [6.45, 7) is 0.748. The van der Waals surface area contributed by atoms with Gasteiger partial charge in [0.1, 0.15) is 18.2 Å². The molecule has 2 nitrogen and oxygen atoms in total. The van der Waals surface area contributed by atoms with Crippen LogP contribution in [-0.2, 0) is 6.54 Å². The van der Waals surface area contributed by atoms with Gasteiger partial charge >= 0.3 is 0 Å². The van der Waals surface area contributed by atoms with E-state index in [1.807, 2.05) is 18.2 Å². The number of halogens is 3. The minimum absolute atomic E-state index is 0.217. The van der Waals surface area contributed by atoms with Gasteiger partial charge in [-0.3, -0.25) is 0 Å². The van der Waals surface area contributed by atoms with Crippen molar-refractivity contribution in [3.05, 3.63) is 56.7 Å². The normalized spacial score (nSPS) is 10.0. The lowest BCUT2D eigenvalue weighted by molar-refractivity contribution is 0.366. The number of hydrogen-bond acceptors (Lipinski definition) is 2. The third-order valence-electron chi connectivity index (χ3n) is 2.73. The molecule has 0 atom stereocenters. The highest BCUT2D eigenvalue weighted by atomic mass is 79.9. The first-order chi connectivity index (χ1) is 10.1. The molecule has 0 unspecified atom stereocenters. The average molecular weight is 413 g/mol. The van der Waals surface area contributed by atoms with E-state index in [1.165, 1.54) is 12.1 Å². The maximum absolute atomic E-state index is 13.1. The summed E-state index contributed by atoms with van der Waals surface area (Å²) in [4.78, 5) is 0. The molecule has 0 radical (unpaired) electrons. The number of hydrogen-bond donors (Lipinski definition) is 1. The van der Waals surface area contributed by atoms with Crippen LogP contribution in [0.25, 0.3) is 0 Å². The SMILES string of the molecule is C#CCOc1ccc(Br)cc1CNc1ccc(F)cc1Br. The van der Waals surface area contributed by atoms with Crippen LogP contribution < -0.4 is 10.1 Å². The number of anilines is 1. The van der Waals surface area contributed by atoms with E-state index in [0.717, 1.165) is 21.5 Å². The van der Waals surface area contributed by atoms with Crippen LogP contribution >= 0.6 is 31.9 Å². The van der Waals surface area contributed by atoms with Gasteiger partial charge in [-0.15, -0.1) is 6.42 Å². The standard InChI is InChI=1S/C16H12Br2FNO/c1-2-7-21-16-6-3-12(17)8-11(16)10-20-15-5-4-13(19)9-14(15)18/h1,3-6,8-9,20H,7,10H2. The maximum Gasteiger partial charge on any atom is 0.148 e. The molecule has 2 rings (SSSR count). The molecule has 0 aromatic heterocycles. The Morgan fingerprint density at radius 2 is 2.00 bits per heavy atom. The van der Waals surface area contributed by atoms with Crippen molar-refractivity contribution in [1.82, 2.24) is 0 Å². The van der Waals surface area contributed by atoms with Crippen molar-refractivity contribution in [2.45, 2.75) is 6.54 Å². The van der Waals surface area contributed by atoms with Crippen LogP contribution in [0.1, 0.15) is 5.56 Å². The Morgan fingerprint density at radius 1 is 1.19 bits per heavy atom. The summed E-state index contributed by atoms with van der Waals surface area (Å²) in [7, 11) is 0. The molecule has 108 valence electrons. The second-order valence-electron chi connectivity index (χ2n) is 4.22. The minimum Gasteiger partial charge on any atom is -0.481 e. The fourth-order valence-electron chi connectivity index (χ4n) is 1.77. The molecule has 2 aromatic carbocycles. The Bertz CT molecular complexity index is 682. The molecule has 0 bridgehead atoms. The number of rotatable bonds is 5. The first-order valence-electron chi connectivity index (χ1n) is 6.14. The summed E-state index contributed by atoms with van der Waals surface area (Å²) in [6, 6.07) is 10.2. The van der Waals surface area contributed by atoms with Gasteiger partial charge in [0.05, 0.1) is 0 Å². The lowest BCUT2D eigenvalue weighted by Gasteiger charge is -2.13. The fourth-order valence-corrected chi connectivity index (χ4v) is 2.67. The van der Waals surface area contributed by atoms with E-state index in [9.17, 15) is 4.39 Å². The molecule has 0 fully saturated rings. The Hall–Kier alpha value is -1.51. The van der Waals surface area contributed by atoms with Gasteiger partial charge < -0.3 is 10.1 Å². The van der Waals surface area contributed by atoms with Gasteiger partial charge in [0, 0.05) is 26.7 Å². The first-order valence-corrected chi connectivity index (χ1v) is 7.72. The van der Waals surface area contributed by atoms with E-state index < -0.39 is 0 Å². The van der Waals surface area contributed by atoms with Crippen LogP contribution in [-0.4, -0.2) is 6.61 Å². The average Bonchev–Trinajstić information content (AvgIpc) is 2.45. The lowest BCUT2D eigenvalue weighted by atomic mass is 10.2. The molecule has 2 aromatic rings. The molecular weight excluding hydrogens is 401 g/mol. The van der Waals surface area contributed by atoms with E-state index in [1.54, 1.807) is 6.07 Å². The summed E-state index contributed by atoms with van der Waals surface area (Å²) in [6.07, 6.45) is 5.21. The van der Waals surface area contributed by atoms with Gasteiger partial charge in [0.2, 0.25) is 0 Å². The smallest absolute Gasteiger partial charge is 0.148 e. The predicted octanol–water partition coefficient (Wildman–Crippen LogP) is 4.97. The Balaban J connectivity index is 2.15. The van der Waals surface area contributed by atoms with Crippen molar-refractivity contribution in [2.75, 3.05) is 11.9 Å². The Morgan fingerprint density at radius 3 is 2.71 bits per heavy atom. The number of terminal acetylenes is 1. The summed E-state index contributed by atoms with van der Waals surface area (Å²) >= 11 is 6.76. The van der Waals surface area contributed by atoms with Crippen molar-refractivity contribution in [3.8, 4) is 18.1 Å². The van der Waals surface area contributed by atoms with Crippen molar-refractivity contribution in [3.63, 3.8) is 0 Å². The molecule has 0 aliphatic carbocycles. The van der Waals surface area contributed by atoms with E-state index in [4.69, 9.17) is 11.2 Å². The third kappa shape index (κ3) is 4.48. The van der Waals surface area contributed by atoms with Gasteiger partial charge in [-0.2, -0.15) is 0 Å². The van der Waals surface area contributed by atoms with Gasteiger partial charge in [-0.1, -0.05) is 21.9 Å². The molecule has 0 saturated carbocycles. The van der Waals surface area contributed by atoms with Crippen LogP contribution in [0.4, 0.5) is 10.1 Å². The quantitative estimate of drug-likeness (QED) is 0.699. The summed E-state index contributed by atoms with van der Waals surface area (Å²) in [5, 5.41) is 3.23. The van der Waals surface area contributed by atoms with Gasteiger partial charge in [-0.05, 0) is 52.3 Å². The van der Waals surface area contributed by atoms with Crippen LogP contribution in [0.3, 0.4) is 0 Å². The molecule has 0 heterocycles. The number of nitrogens with one attached hydrogen (secondary N) is 1. The third-order valence-corrected chi connectivity index (χ3v) is 3.88. The van der Waals surface area contributed by atoms with Gasteiger partial charge in [0.25, 0.3) is 0 Å². The molecule has 0 amide bonds. The molecule has 21 heavy (non-hydrogen) atoms. The monoisotopic (exact) mass is 411 g/mol. The summed E-state index contributed by atoms with van der Waals surface area (Å²) < 4.78 is 20.2. The topological polar surface area (TPSA) is 21.3 Å². The zero-order chi connectivity index (χ0) is 15.2. The molecule has 0 spiro atoms. The zero-order valence-corrected chi connectivity index (χ0v) is 14.2. The van der Waals surface area contributed by atoms with Crippen molar-refractivity contribution >= 4 is 37.5 Å². The minimum atomic E-state index is -0.284. The van der Waals surface area contributed by atoms with Crippen LogP contribution in [0, 0.1) is 18.2 Å². The summed E-state index contributed by atoms with van der Waals surface area (Å²) in [5.74, 6) is 2.88. The predicted molar refractivity (Wildman–Crippen MR) is 89.9 cm³/mol. The van der Waals surface area contributed by atoms with Crippen LogP contribution in [0.2, 0.25) is 0 Å². The molecule has 0 aliphatic heterocycles. The van der Waals surface area contributed by atoms with Crippen molar-refractivity contribution in [1.29, 1.82) is 0 Å². The van der Waals surface area contributed by atoms with Crippen LogP contribution in [0.5, 0.6) is 5.75 Å². The lowest BCUT2D eigenvalue weighted by Crippen LogP contribution is -2.04. The zero-order valence-electron chi connectivity index (χ0n) is 11.0. The highest BCUT2D eigenvalue weighted by Crippen LogP contribution is 2.27. The van der Waals surface area contributed by atoms with E-state index in [-0.39, 0.29) is 12.4 Å². The van der Waals surface area contributed by atoms with E-state index in [2.05, 4.69) is 43.1 Å². The molecule has 0 aliphatic rings. The molecular formula is C16H12Br2FNO. The van der Waals surface area contributed by atoms with E-state index >= 15 is 0 Å². The van der Waals surface area contributed by atoms with Gasteiger partial charge in [-0.25, -0.2) is 4.39 Å². The van der Waals surface area contributed by atoms with E-state index in [0.29, 0.717) is 11.0 Å². The fraction of sp³-hybridized carbons (Fsp3) is 0.125. The molecule has 1 N–H and O–H groups in total. The highest BCUT2D eigenvalue weighted by Gasteiger charge is 2.06. The maximum atomic E-state index is 13.1. The first kappa shape index (κ1) is 15.9. The number of benzene rings is 2.